The summed E-state index contributed by atoms with van der Waals surface area (Å²) in [4.78, 5) is 11.4. The number of nitrogens with zero attached hydrogens (tertiary/aromatic N) is 1. The topological polar surface area (TPSA) is 64.6 Å². The Kier molecular flexibility index (Phi) is 2.53. The monoisotopic (exact) mass is 249 g/mol. The van der Waals surface area contributed by atoms with Gasteiger partial charge in [-0.15, -0.1) is 0 Å². The van der Waals surface area contributed by atoms with E-state index in [9.17, 15) is 9.90 Å². The number of hydrogen-bond acceptors (Lipinski definition) is 4. The van der Waals surface area contributed by atoms with E-state index in [1.54, 1.807) is 7.05 Å². The summed E-state index contributed by atoms with van der Waals surface area (Å²) in [5.41, 5.74) is 2.34. The average Bonchev–Trinajstić information content (AvgIpc) is 2.60. The Morgan fingerprint density at radius 1 is 1.44 bits per heavy atom. The zero-order valence-corrected chi connectivity index (χ0v) is 10.2. The van der Waals surface area contributed by atoms with Gasteiger partial charge in [0.05, 0.1) is 18.7 Å². The molecule has 1 aliphatic rings. The molecule has 0 amide bonds. The SMILES string of the molecule is Cn1c(=O)oc2ccc(C3(CCO)COC3)cc21. The van der Waals surface area contributed by atoms with Gasteiger partial charge in [0.25, 0.3) is 0 Å². The van der Waals surface area contributed by atoms with E-state index < -0.39 is 0 Å². The fourth-order valence-corrected chi connectivity index (χ4v) is 2.47. The third-order valence-electron chi connectivity index (χ3n) is 3.75. The van der Waals surface area contributed by atoms with E-state index in [-0.39, 0.29) is 17.8 Å². The number of aliphatic hydroxyl groups excluding tert-OH is 1. The van der Waals surface area contributed by atoms with E-state index in [1.807, 2.05) is 18.2 Å². The van der Waals surface area contributed by atoms with E-state index in [0.717, 1.165) is 11.1 Å². The van der Waals surface area contributed by atoms with Crippen molar-refractivity contribution in [1.82, 2.24) is 4.57 Å². The lowest BCUT2D eigenvalue weighted by molar-refractivity contribution is -0.0700. The van der Waals surface area contributed by atoms with Crippen molar-refractivity contribution in [3.05, 3.63) is 34.3 Å². The summed E-state index contributed by atoms with van der Waals surface area (Å²) in [7, 11) is 1.69. The molecule has 3 rings (SSSR count). The molecule has 96 valence electrons. The number of aromatic nitrogens is 1. The summed E-state index contributed by atoms with van der Waals surface area (Å²) in [6, 6.07) is 5.71. The minimum absolute atomic E-state index is 0.115. The van der Waals surface area contributed by atoms with Crippen LogP contribution in [0.15, 0.2) is 27.4 Å². The van der Waals surface area contributed by atoms with Crippen molar-refractivity contribution in [2.24, 2.45) is 7.05 Å². The fourth-order valence-electron chi connectivity index (χ4n) is 2.47. The number of benzene rings is 1. The van der Waals surface area contributed by atoms with Crippen LogP contribution in [0, 0.1) is 0 Å². The molecule has 0 aliphatic carbocycles. The smallest absolute Gasteiger partial charge is 0.408 e. The summed E-state index contributed by atoms with van der Waals surface area (Å²) in [5, 5.41) is 9.17. The molecular weight excluding hydrogens is 234 g/mol. The number of aliphatic hydroxyl groups is 1. The first-order valence-electron chi connectivity index (χ1n) is 5.95. The first kappa shape index (κ1) is 11.5. The minimum Gasteiger partial charge on any atom is -0.408 e. The quantitative estimate of drug-likeness (QED) is 0.873. The van der Waals surface area contributed by atoms with Crippen LogP contribution in [0.4, 0.5) is 0 Å². The molecule has 2 aromatic rings. The predicted octanol–water partition coefficient (Wildman–Crippen LogP) is 0.782. The maximum Gasteiger partial charge on any atom is 0.419 e. The van der Waals surface area contributed by atoms with Crippen LogP contribution in [0.25, 0.3) is 11.1 Å². The van der Waals surface area contributed by atoms with Crippen molar-refractivity contribution in [1.29, 1.82) is 0 Å². The maximum absolute atomic E-state index is 11.4. The Balaban J connectivity index is 2.12. The second kappa shape index (κ2) is 3.96. The molecular formula is C13H15NO4. The third-order valence-corrected chi connectivity index (χ3v) is 3.75. The average molecular weight is 249 g/mol. The van der Waals surface area contributed by atoms with Gasteiger partial charge in [0.2, 0.25) is 0 Å². The highest BCUT2D eigenvalue weighted by atomic mass is 16.5. The maximum atomic E-state index is 11.4. The van der Waals surface area contributed by atoms with Crippen LogP contribution in [0.3, 0.4) is 0 Å². The molecule has 0 bridgehead atoms. The summed E-state index contributed by atoms with van der Waals surface area (Å²) >= 11 is 0. The largest absolute Gasteiger partial charge is 0.419 e. The van der Waals surface area contributed by atoms with Crippen molar-refractivity contribution < 1.29 is 14.3 Å². The molecule has 0 saturated carbocycles. The van der Waals surface area contributed by atoms with Crippen molar-refractivity contribution in [3.8, 4) is 0 Å². The molecule has 0 unspecified atom stereocenters. The van der Waals surface area contributed by atoms with Gasteiger partial charge in [-0.3, -0.25) is 4.57 Å². The van der Waals surface area contributed by atoms with E-state index in [0.29, 0.717) is 25.2 Å². The third kappa shape index (κ3) is 1.51. The van der Waals surface area contributed by atoms with Crippen LogP contribution in [-0.2, 0) is 17.2 Å². The number of fused-ring (bicyclic) bond motifs is 1. The van der Waals surface area contributed by atoms with Gasteiger partial charge in [0.15, 0.2) is 5.58 Å². The number of rotatable bonds is 3. The number of ether oxygens (including phenoxy) is 1. The Labute approximate surface area is 104 Å². The number of aryl methyl sites for hydroxylation is 1. The summed E-state index contributed by atoms with van der Waals surface area (Å²) in [5.74, 6) is -0.358. The van der Waals surface area contributed by atoms with Gasteiger partial charge >= 0.3 is 5.76 Å². The zero-order valence-electron chi connectivity index (χ0n) is 10.2. The summed E-state index contributed by atoms with van der Waals surface area (Å²) < 4.78 is 11.9. The Morgan fingerprint density at radius 3 is 2.83 bits per heavy atom. The van der Waals surface area contributed by atoms with E-state index in [4.69, 9.17) is 9.15 Å². The molecule has 0 atom stereocenters. The second-order valence-electron chi connectivity index (χ2n) is 4.86. The van der Waals surface area contributed by atoms with Crippen LogP contribution >= 0.6 is 0 Å². The van der Waals surface area contributed by atoms with Crippen LogP contribution in [-0.4, -0.2) is 29.5 Å². The van der Waals surface area contributed by atoms with Crippen molar-refractivity contribution in [2.45, 2.75) is 11.8 Å². The molecule has 0 radical (unpaired) electrons. The highest BCUT2D eigenvalue weighted by molar-refractivity contribution is 5.74. The molecule has 5 nitrogen and oxygen atoms in total. The normalized spacial score (nSPS) is 17.9. The molecule has 1 aromatic carbocycles. The van der Waals surface area contributed by atoms with E-state index in [2.05, 4.69) is 0 Å². The first-order chi connectivity index (χ1) is 8.66. The summed E-state index contributed by atoms with van der Waals surface area (Å²) in [6.07, 6.45) is 0.671. The van der Waals surface area contributed by atoms with Gasteiger partial charge in [-0.2, -0.15) is 0 Å². The standard InChI is InChI=1S/C13H15NO4/c1-14-10-6-9(2-3-11(10)18-12(14)16)13(4-5-15)7-17-8-13/h2-3,6,15H,4-5,7-8H2,1H3. The van der Waals surface area contributed by atoms with Crippen LogP contribution in [0.5, 0.6) is 0 Å². The fraction of sp³-hybridized carbons (Fsp3) is 0.462. The van der Waals surface area contributed by atoms with Gasteiger partial charge in [0.1, 0.15) is 0 Å². The zero-order chi connectivity index (χ0) is 12.8. The molecule has 1 fully saturated rings. The molecule has 18 heavy (non-hydrogen) atoms. The Morgan fingerprint density at radius 2 is 2.22 bits per heavy atom. The lowest BCUT2D eigenvalue weighted by Crippen LogP contribution is -2.47. The van der Waals surface area contributed by atoms with Gasteiger partial charge in [-0.1, -0.05) is 6.07 Å². The number of hydrogen-bond donors (Lipinski definition) is 1. The molecule has 2 heterocycles. The van der Waals surface area contributed by atoms with Crippen molar-refractivity contribution in [3.63, 3.8) is 0 Å². The van der Waals surface area contributed by atoms with Crippen LogP contribution in [0.2, 0.25) is 0 Å². The van der Waals surface area contributed by atoms with Gasteiger partial charge in [-0.25, -0.2) is 4.79 Å². The lowest BCUT2D eigenvalue weighted by atomic mass is 9.76. The Bertz CT molecular complexity index is 636. The van der Waals surface area contributed by atoms with Crippen LogP contribution in [0.1, 0.15) is 12.0 Å². The second-order valence-corrected chi connectivity index (χ2v) is 4.86. The molecule has 1 aromatic heterocycles. The highest BCUT2D eigenvalue weighted by Gasteiger charge is 2.40. The van der Waals surface area contributed by atoms with Gasteiger partial charge in [-0.05, 0) is 24.1 Å². The summed E-state index contributed by atoms with van der Waals surface area (Å²) in [6.45, 7) is 1.36. The minimum atomic E-state index is -0.358. The van der Waals surface area contributed by atoms with E-state index >= 15 is 0 Å². The lowest BCUT2D eigenvalue weighted by Gasteiger charge is -2.41. The molecule has 0 spiro atoms. The van der Waals surface area contributed by atoms with Crippen molar-refractivity contribution in [2.75, 3.05) is 19.8 Å². The van der Waals surface area contributed by atoms with Gasteiger partial charge < -0.3 is 14.3 Å². The van der Waals surface area contributed by atoms with Gasteiger partial charge in [0, 0.05) is 19.1 Å². The van der Waals surface area contributed by atoms with Crippen LogP contribution < -0.4 is 5.76 Å². The van der Waals surface area contributed by atoms with E-state index in [1.165, 1.54) is 4.57 Å². The predicted molar refractivity (Wildman–Crippen MR) is 65.7 cm³/mol. The molecule has 1 N–H and O–H groups in total. The molecule has 1 saturated heterocycles. The highest BCUT2D eigenvalue weighted by Crippen LogP contribution is 2.36. The number of oxazole rings is 1. The first-order valence-corrected chi connectivity index (χ1v) is 5.95. The molecule has 5 heteroatoms. The molecule has 1 aliphatic heterocycles. The Hall–Kier alpha value is -1.59. The van der Waals surface area contributed by atoms with Crippen molar-refractivity contribution >= 4 is 11.1 Å².